The van der Waals surface area contributed by atoms with Gasteiger partial charge in [-0.3, -0.25) is 9.80 Å². The molecule has 2 fully saturated rings. The zero-order valence-corrected chi connectivity index (χ0v) is 17.2. The van der Waals surface area contributed by atoms with Crippen LogP contribution in [0.1, 0.15) is 55.9 Å². The first kappa shape index (κ1) is 19.5. The minimum absolute atomic E-state index is 0.136. The van der Waals surface area contributed by atoms with E-state index in [-0.39, 0.29) is 6.10 Å². The second-order valence-electron chi connectivity index (χ2n) is 8.29. The van der Waals surface area contributed by atoms with Gasteiger partial charge in [-0.05, 0) is 39.2 Å². The van der Waals surface area contributed by atoms with Crippen molar-refractivity contribution in [2.45, 2.75) is 64.3 Å². The summed E-state index contributed by atoms with van der Waals surface area (Å²) in [6.45, 7) is 8.93. The number of aryl methyl sites for hydroxylation is 1. The molecular formula is C20H33N7O. The van der Waals surface area contributed by atoms with E-state index >= 15 is 0 Å². The number of piperidine rings is 2. The number of likely N-dealkylation sites (tertiary alicyclic amines) is 2. The molecule has 0 bridgehead atoms. The normalized spacial score (nSPS) is 22.8. The van der Waals surface area contributed by atoms with E-state index < -0.39 is 0 Å². The zero-order chi connectivity index (χ0) is 19.5. The van der Waals surface area contributed by atoms with Crippen LogP contribution in [-0.2, 0) is 26.7 Å². The Labute approximate surface area is 167 Å². The molecule has 2 aromatic rings. The Morgan fingerprint density at radius 3 is 2.68 bits per heavy atom. The summed E-state index contributed by atoms with van der Waals surface area (Å²) in [6.07, 6.45) is 7.85. The maximum absolute atomic E-state index is 9.70. The summed E-state index contributed by atoms with van der Waals surface area (Å²) in [6, 6.07) is 0. The molecule has 8 nitrogen and oxygen atoms in total. The molecule has 0 saturated carbocycles. The van der Waals surface area contributed by atoms with Crippen LogP contribution in [0.2, 0.25) is 0 Å². The lowest BCUT2D eigenvalue weighted by Gasteiger charge is -2.32. The van der Waals surface area contributed by atoms with Crippen molar-refractivity contribution < 1.29 is 5.11 Å². The number of aromatic nitrogens is 5. The monoisotopic (exact) mass is 387 g/mol. The molecule has 2 aliphatic rings. The number of rotatable bonds is 6. The summed E-state index contributed by atoms with van der Waals surface area (Å²) in [5.41, 5.74) is 1.29. The van der Waals surface area contributed by atoms with Crippen LogP contribution in [0, 0.1) is 0 Å². The molecule has 28 heavy (non-hydrogen) atoms. The number of imidazole rings is 1. The number of nitrogens with zero attached hydrogens (tertiary/aromatic N) is 7. The van der Waals surface area contributed by atoms with E-state index in [9.17, 15) is 5.11 Å². The fourth-order valence-corrected chi connectivity index (χ4v) is 4.55. The van der Waals surface area contributed by atoms with E-state index in [1.807, 2.05) is 12.5 Å². The van der Waals surface area contributed by atoms with Crippen LogP contribution in [0.25, 0.3) is 0 Å². The highest BCUT2D eigenvalue weighted by atomic mass is 16.3. The molecule has 2 saturated heterocycles. The van der Waals surface area contributed by atoms with Gasteiger partial charge in [0.2, 0.25) is 0 Å². The first-order chi connectivity index (χ1) is 13.6. The van der Waals surface area contributed by atoms with Gasteiger partial charge in [-0.25, -0.2) is 4.98 Å². The minimum atomic E-state index is -0.136. The SMILES string of the molecule is CCn1cncc1CN1CCC[C@H](c2nnc(CN3CCC(O)CC3)n2C)C1. The molecular weight excluding hydrogens is 354 g/mol. The highest BCUT2D eigenvalue weighted by molar-refractivity contribution is 5.05. The molecule has 0 aliphatic carbocycles. The predicted octanol–water partition coefficient (Wildman–Crippen LogP) is 1.37. The van der Waals surface area contributed by atoms with Crippen molar-refractivity contribution in [2.75, 3.05) is 26.2 Å². The second-order valence-corrected chi connectivity index (χ2v) is 8.29. The predicted molar refractivity (Wildman–Crippen MR) is 107 cm³/mol. The van der Waals surface area contributed by atoms with Gasteiger partial charge in [0, 0.05) is 51.9 Å². The summed E-state index contributed by atoms with van der Waals surface area (Å²) >= 11 is 0. The Morgan fingerprint density at radius 1 is 1.07 bits per heavy atom. The Kier molecular flexibility index (Phi) is 6.08. The van der Waals surface area contributed by atoms with Crippen LogP contribution in [0.3, 0.4) is 0 Å². The molecule has 1 N–H and O–H groups in total. The topological polar surface area (TPSA) is 75.2 Å². The van der Waals surface area contributed by atoms with E-state index in [0.29, 0.717) is 5.92 Å². The van der Waals surface area contributed by atoms with Crippen molar-refractivity contribution in [3.63, 3.8) is 0 Å². The van der Waals surface area contributed by atoms with E-state index in [1.165, 1.54) is 18.5 Å². The van der Waals surface area contributed by atoms with Crippen LogP contribution < -0.4 is 0 Å². The van der Waals surface area contributed by atoms with Crippen molar-refractivity contribution in [1.29, 1.82) is 0 Å². The van der Waals surface area contributed by atoms with Gasteiger partial charge in [0.15, 0.2) is 0 Å². The van der Waals surface area contributed by atoms with Gasteiger partial charge in [0.25, 0.3) is 0 Å². The third-order valence-corrected chi connectivity index (χ3v) is 6.32. The average Bonchev–Trinajstić information content (AvgIpc) is 3.30. The quantitative estimate of drug-likeness (QED) is 0.807. The Bertz CT molecular complexity index is 762. The van der Waals surface area contributed by atoms with E-state index in [2.05, 4.69) is 48.1 Å². The standard InChI is InChI=1S/C20H33N7O/c1-3-27-15-21-11-17(27)13-26-8-4-5-16(12-26)20-23-22-19(24(20)2)14-25-9-6-18(28)7-10-25/h11,15-16,18,28H,3-10,12-14H2,1-2H3/t16-/m0/s1. The van der Waals surface area contributed by atoms with Gasteiger partial charge in [0.05, 0.1) is 24.7 Å². The van der Waals surface area contributed by atoms with Crippen molar-refractivity contribution in [3.05, 3.63) is 29.9 Å². The molecule has 4 heterocycles. The van der Waals surface area contributed by atoms with Crippen LogP contribution >= 0.6 is 0 Å². The summed E-state index contributed by atoms with van der Waals surface area (Å²) in [5.74, 6) is 2.58. The molecule has 8 heteroatoms. The lowest BCUT2D eigenvalue weighted by atomic mass is 9.97. The van der Waals surface area contributed by atoms with Crippen LogP contribution in [-0.4, -0.2) is 71.5 Å². The summed E-state index contributed by atoms with van der Waals surface area (Å²) < 4.78 is 4.43. The van der Waals surface area contributed by atoms with Gasteiger partial charge in [-0.2, -0.15) is 0 Å². The molecule has 2 aromatic heterocycles. The first-order valence-corrected chi connectivity index (χ1v) is 10.6. The third kappa shape index (κ3) is 4.29. The highest BCUT2D eigenvalue weighted by Crippen LogP contribution is 2.27. The molecule has 1 atom stereocenters. The first-order valence-electron chi connectivity index (χ1n) is 10.6. The molecule has 0 unspecified atom stereocenters. The lowest BCUT2D eigenvalue weighted by molar-refractivity contribution is 0.0775. The summed E-state index contributed by atoms with van der Waals surface area (Å²) in [7, 11) is 2.11. The molecule has 0 amide bonds. The minimum Gasteiger partial charge on any atom is -0.393 e. The number of aliphatic hydroxyl groups excluding tert-OH is 1. The molecule has 154 valence electrons. The van der Waals surface area contributed by atoms with Crippen molar-refractivity contribution in [2.24, 2.45) is 7.05 Å². The second kappa shape index (κ2) is 8.71. The average molecular weight is 388 g/mol. The molecule has 0 spiro atoms. The molecule has 4 rings (SSSR count). The molecule has 2 aliphatic heterocycles. The van der Waals surface area contributed by atoms with Gasteiger partial charge < -0.3 is 14.2 Å². The van der Waals surface area contributed by atoms with Gasteiger partial charge in [-0.1, -0.05) is 0 Å². The largest absolute Gasteiger partial charge is 0.393 e. The maximum atomic E-state index is 9.70. The Morgan fingerprint density at radius 2 is 1.89 bits per heavy atom. The fraction of sp³-hybridized carbons (Fsp3) is 0.750. The highest BCUT2D eigenvalue weighted by Gasteiger charge is 2.27. The van der Waals surface area contributed by atoms with Gasteiger partial charge in [-0.15, -0.1) is 10.2 Å². The molecule has 0 radical (unpaired) electrons. The van der Waals surface area contributed by atoms with Crippen molar-refractivity contribution in [1.82, 2.24) is 34.1 Å². The Hall–Kier alpha value is -1.77. The van der Waals surface area contributed by atoms with Gasteiger partial charge in [0.1, 0.15) is 11.6 Å². The van der Waals surface area contributed by atoms with Crippen molar-refractivity contribution in [3.8, 4) is 0 Å². The van der Waals surface area contributed by atoms with Crippen molar-refractivity contribution >= 4 is 0 Å². The number of aliphatic hydroxyl groups is 1. The molecule has 0 aromatic carbocycles. The van der Waals surface area contributed by atoms with Crippen LogP contribution in [0.5, 0.6) is 0 Å². The third-order valence-electron chi connectivity index (χ3n) is 6.32. The maximum Gasteiger partial charge on any atom is 0.146 e. The van der Waals surface area contributed by atoms with Crippen LogP contribution in [0.4, 0.5) is 0 Å². The smallest absolute Gasteiger partial charge is 0.146 e. The van der Waals surface area contributed by atoms with E-state index in [4.69, 9.17) is 0 Å². The Balaban J connectivity index is 1.39. The number of hydrogen-bond acceptors (Lipinski definition) is 6. The zero-order valence-electron chi connectivity index (χ0n) is 17.2. The summed E-state index contributed by atoms with van der Waals surface area (Å²) in [5, 5.41) is 18.8. The van der Waals surface area contributed by atoms with Gasteiger partial charge >= 0.3 is 0 Å². The van der Waals surface area contributed by atoms with E-state index in [0.717, 1.165) is 70.3 Å². The number of hydrogen-bond donors (Lipinski definition) is 1. The van der Waals surface area contributed by atoms with Crippen LogP contribution in [0.15, 0.2) is 12.5 Å². The fourth-order valence-electron chi connectivity index (χ4n) is 4.55. The lowest BCUT2D eigenvalue weighted by Crippen LogP contribution is -2.36. The summed E-state index contributed by atoms with van der Waals surface area (Å²) in [4.78, 5) is 9.20. The van der Waals surface area contributed by atoms with E-state index in [1.54, 1.807) is 0 Å².